The van der Waals surface area contributed by atoms with Gasteiger partial charge in [-0.15, -0.1) is 0 Å². The summed E-state index contributed by atoms with van der Waals surface area (Å²) in [4.78, 5) is 30.1. The summed E-state index contributed by atoms with van der Waals surface area (Å²) < 4.78 is 1.63. The molecule has 0 aliphatic heterocycles. The number of Topliss-reactive ketones (excluding diaryl/α,β-unsaturated/α-hetero) is 1. The van der Waals surface area contributed by atoms with Gasteiger partial charge in [-0.25, -0.2) is 4.98 Å². The fourth-order valence-electron chi connectivity index (χ4n) is 2.52. The minimum Gasteiger partial charge on any atom is -0.298 e. The van der Waals surface area contributed by atoms with Crippen LogP contribution in [0.4, 0.5) is 0 Å². The molecule has 0 amide bonds. The number of benzene rings is 2. The van der Waals surface area contributed by atoms with Gasteiger partial charge in [-0.1, -0.05) is 68.4 Å². The SMILES string of the molecule is CC(C)(C)C(=O)CSc1nc2ccccc2c(=O)n1Cc1ccc(Cl)cc1. The predicted molar refractivity (Wildman–Crippen MR) is 112 cm³/mol. The molecule has 0 radical (unpaired) electrons. The first-order valence-electron chi connectivity index (χ1n) is 8.66. The van der Waals surface area contributed by atoms with E-state index in [2.05, 4.69) is 4.98 Å². The van der Waals surface area contributed by atoms with Crippen LogP contribution in [0.1, 0.15) is 26.3 Å². The van der Waals surface area contributed by atoms with E-state index in [1.807, 2.05) is 51.1 Å². The molecule has 0 atom stereocenters. The standard InChI is InChI=1S/C21H21ClN2O2S/c1-21(2,3)18(25)13-27-20-23-17-7-5-4-6-16(17)19(26)24(20)12-14-8-10-15(22)11-9-14/h4-11H,12-13H2,1-3H3. The third-order valence-electron chi connectivity index (χ3n) is 4.25. The molecule has 0 aliphatic carbocycles. The number of carbonyl (C=O) groups is 1. The maximum atomic E-state index is 13.1. The van der Waals surface area contributed by atoms with Crippen molar-refractivity contribution in [2.75, 3.05) is 5.75 Å². The summed E-state index contributed by atoms with van der Waals surface area (Å²) in [6, 6.07) is 14.6. The second kappa shape index (κ2) is 7.87. The van der Waals surface area contributed by atoms with E-state index in [-0.39, 0.29) is 17.1 Å². The van der Waals surface area contributed by atoms with E-state index in [1.54, 1.807) is 22.8 Å². The third kappa shape index (κ3) is 4.60. The third-order valence-corrected chi connectivity index (χ3v) is 5.48. The highest BCUT2D eigenvalue weighted by Crippen LogP contribution is 2.23. The highest BCUT2D eigenvalue weighted by Gasteiger charge is 2.22. The van der Waals surface area contributed by atoms with E-state index in [9.17, 15) is 9.59 Å². The van der Waals surface area contributed by atoms with Gasteiger partial charge in [0.25, 0.3) is 5.56 Å². The normalized spacial score (nSPS) is 11.7. The maximum absolute atomic E-state index is 13.1. The second-order valence-electron chi connectivity index (χ2n) is 7.39. The number of fused-ring (bicyclic) bond motifs is 1. The summed E-state index contributed by atoms with van der Waals surface area (Å²) >= 11 is 7.27. The first-order valence-corrected chi connectivity index (χ1v) is 10.0. The van der Waals surface area contributed by atoms with E-state index in [0.29, 0.717) is 27.6 Å². The van der Waals surface area contributed by atoms with Crippen molar-refractivity contribution in [3.05, 3.63) is 69.5 Å². The first-order chi connectivity index (χ1) is 12.8. The molecule has 140 valence electrons. The molecule has 0 unspecified atom stereocenters. The summed E-state index contributed by atoms with van der Waals surface area (Å²) in [7, 11) is 0. The number of thioether (sulfide) groups is 1. The molecule has 27 heavy (non-hydrogen) atoms. The number of hydrogen-bond donors (Lipinski definition) is 0. The summed E-state index contributed by atoms with van der Waals surface area (Å²) in [6.07, 6.45) is 0. The molecule has 3 rings (SSSR count). The molecule has 0 spiro atoms. The van der Waals surface area contributed by atoms with Crippen LogP contribution in [0.5, 0.6) is 0 Å². The van der Waals surface area contributed by atoms with Crippen LogP contribution in [0.15, 0.2) is 58.5 Å². The van der Waals surface area contributed by atoms with Gasteiger partial charge < -0.3 is 0 Å². The fraction of sp³-hybridized carbons (Fsp3) is 0.286. The lowest BCUT2D eigenvalue weighted by Crippen LogP contribution is -2.26. The van der Waals surface area contributed by atoms with Crippen LogP contribution in [-0.2, 0) is 11.3 Å². The van der Waals surface area contributed by atoms with Gasteiger partial charge in [0.1, 0.15) is 5.78 Å². The molecule has 0 saturated carbocycles. The van der Waals surface area contributed by atoms with Crippen LogP contribution in [0, 0.1) is 5.41 Å². The van der Waals surface area contributed by atoms with Crippen LogP contribution in [-0.4, -0.2) is 21.1 Å². The Morgan fingerprint density at radius 1 is 1.11 bits per heavy atom. The summed E-state index contributed by atoms with van der Waals surface area (Å²) in [5.41, 5.74) is 1.05. The van der Waals surface area contributed by atoms with Gasteiger partial charge in [-0.2, -0.15) is 0 Å². The number of carbonyl (C=O) groups excluding carboxylic acids is 1. The van der Waals surface area contributed by atoms with Gasteiger partial charge in [0.05, 0.1) is 23.2 Å². The Morgan fingerprint density at radius 3 is 2.44 bits per heavy atom. The Bertz CT molecular complexity index is 1040. The number of aromatic nitrogens is 2. The molecule has 0 saturated heterocycles. The molecule has 0 fully saturated rings. The van der Waals surface area contributed by atoms with Crippen molar-refractivity contribution in [2.24, 2.45) is 5.41 Å². The molecule has 0 N–H and O–H groups in total. The van der Waals surface area contributed by atoms with Crippen LogP contribution < -0.4 is 5.56 Å². The summed E-state index contributed by atoms with van der Waals surface area (Å²) in [5, 5.41) is 1.76. The van der Waals surface area contributed by atoms with Gasteiger partial charge in [0, 0.05) is 10.4 Å². The number of ketones is 1. The van der Waals surface area contributed by atoms with Gasteiger partial charge >= 0.3 is 0 Å². The number of nitrogens with zero attached hydrogens (tertiary/aromatic N) is 2. The Morgan fingerprint density at radius 2 is 1.78 bits per heavy atom. The molecule has 0 aliphatic rings. The van der Waals surface area contributed by atoms with Gasteiger partial charge in [-0.3, -0.25) is 14.2 Å². The number of rotatable bonds is 5. The molecule has 6 heteroatoms. The second-order valence-corrected chi connectivity index (χ2v) is 8.77. The predicted octanol–water partition coefficient (Wildman–Crippen LogP) is 4.81. The van der Waals surface area contributed by atoms with Crippen molar-refractivity contribution < 1.29 is 4.79 Å². The molecule has 1 heterocycles. The fourth-order valence-corrected chi connectivity index (χ4v) is 3.80. The minimum absolute atomic E-state index is 0.110. The highest BCUT2D eigenvalue weighted by atomic mass is 35.5. The smallest absolute Gasteiger partial charge is 0.262 e. The summed E-state index contributed by atoms with van der Waals surface area (Å²) in [6.45, 7) is 6.05. The molecular formula is C21H21ClN2O2S. The lowest BCUT2D eigenvalue weighted by atomic mass is 9.92. The van der Waals surface area contributed by atoms with E-state index in [4.69, 9.17) is 11.6 Å². The van der Waals surface area contributed by atoms with Crippen molar-refractivity contribution in [3.8, 4) is 0 Å². The van der Waals surface area contributed by atoms with E-state index in [1.165, 1.54) is 11.8 Å². The van der Waals surface area contributed by atoms with E-state index < -0.39 is 5.41 Å². The van der Waals surface area contributed by atoms with Crippen molar-refractivity contribution in [2.45, 2.75) is 32.5 Å². The zero-order valence-electron chi connectivity index (χ0n) is 15.5. The van der Waals surface area contributed by atoms with E-state index in [0.717, 1.165) is 5.56 Å². The topological polar surface area (TPSA) is 52.0 Å². The average molecular weight is 401 g/mol. The zero-order valence-corrected chi connectivity index (χ0v) is 17.1. The first kappa shape index (κ1) is 19.6. The number of hydrogen-bond acceptors (Lipinski definition) is 4. The highest BCUT2D eigenvalue weighted by molar-refractivity contribution is 7.99. The van der Waals surface area contributed by atoms with Crippen molar-refractivity contribution in [1.82, 2.24) is 9.55 Å². The van der Waals surface area contributed by atoms with Crippen LogP contribution >= 0.6 is 23.4 Å². The Balaban J connectivity index is 2.02. The largest absolute Gasteiger partial charge is 0.298 e. The van der Waals surface area contributed by atoms with E-state index >= 15 is 0 Å². The maximum Gasteiger partial charge on any atom is 0.262 e. The van der Waals surface area contributed by atoms with Crippen molar-refractivity contribution in [1.29, 1.82) is 0 Å². The molecule has 3 aromatic rings. The Labute approximate surface area is 167 Å². The molecule has 1 aromatic heterocycles. The van der Waals surface area contributed by atoms with Gasteiger partial charge in [0.2, 0.25) is 0 Å². The van der Waals surface area contributed by atoms with Crippen LogP contribution in [0.25, 0.3) is 10.9 Å². The number of para-hydroxylation sites is 1. The number of halogens is 1. The van der Waals surface area contributed by atoms with Crippen LogP contribution in [0.3, 0.4) is 0 Å². The average Bonchev–Trinajstić information content (AvgIpc) is 2.63. The Kier molecular flexibility index (Phi) is 5.72. The molecular weight excluding hydrogens is 380 g/mol. The molecule has 0 bridgehead atoms. The van der Waals surface area contributed by atoms with Gasteiger partial charge in [-0.05, 0) is 29.8 Å². The molecule has 4 nitrogen and oxygen atoms in total. The van der Waals surface area contributed by atoms with Crippen molar-refractivity contribution >= 4 is 40.0 Å². The monoisotopic (exact) mass is 400 g/mol. The summed E-state index contributed by atoms with van der Waals surface area (Å²) in [5.74, 6) is 0.391. The quantitative estimate of drug-likeness (QED) is 0.455. The Hall–Kier alpha value is -2.11. The minimum atomic E-state index is -0.425. The van der Waals surface area contributed by atoms with Gasteiger partial charge in [0.15, 0.2) is 5.16 Å². The molecule has 2 aromatic carbocycles. The van der Waals surface area contributed by atoms with Crippen molar-refractivity contribution in [3.63, 3.8) is 0 Å². The lowest BCUT2D eigenvalue weighted by Gasteiger charge is -2.17. The zero-order chi connectivity index (χ0) is 19.6. The lowest BCUT2D eigenvalue weighted by molar-refractivity contribution is -0.123. The van der Waals surface area contributed by atoms with Crippen LogP contribution in [0.2, 0.25) is 5.02 Å².